The summed E-state index contributed by atoms with van der Waals surface area (Å²) in [5.74, 6) is 1.10. The normalized spacial score (nSPS) is 22.2. The molecule has 1 N–H and O–H groups in total. The van der Waals surface area contributed by atoms with Gasteiger partial charge in [-0.05, 0) is 13.0 Å². The highest BCUT2D eigenvalue weighted by atomic mass is 32.2. The highest BCUT2D eigenvalue weighted by Crippen LogP contribution is 2.24. The molecular formula is C13H24N4O2S. The van der Waals surface area contributed by atoms with Crippen molar-refractivity contribution in [3.8, 4) is 0 Å². The summed E-state index contributed by atoms with van der Waals surface area (Å²) in [6.45, 7) is 6.83. The molecule has 2 heterocycles. The van der Waals surface area contributed by atoms with Gasteiger partial charge >= 0.3 is 0 Å². The van der Waals surface area contributed by atoms with Crippen molar-refractivity contribution in [2.75, 3.05) is 31.9 Å². The van der Waals surface area contributed by atoms with Crippen LogP contribution in [-0.2, 0) is 10.0 Å². The van der Waals surface area contributed by atoms with Crippen LogP contribution in [0.4, 0.5) is 0 Å². The summed E-state index contributed by atoms with van der Waals surface area (Å²) in [6, 6.07) is 0.0279. The van der Waals surface area contributed by atoms with Gasteiger partial charge < -0.3 is 4.98 Å². The number of hydrogen-bond acceptors (Lipinski definition) is 4. The summed E-state index contributed by atoms with van der Waals surface area (Å²) in [6.07, 6.45) is 5.12. The summed E-state index contributed by atoms with van der Waals surface area (Å²) in [4.78, 5) is 9.68. The van der Waals surface area contributed by atoms with E-state index < -0.39 is 10.0 Å². The van der Waals surface area contributed by atoms with Crippen LogP contribution in [-0.4, -0.2) is 59.5 Å². The number of rotatable bonds is 6. The SMILES string of the molecule is CCCCS(=O)(=O)N1CCN(CC)[C@H](c2ncc[nH]2)C1. The predicted octanol–water partition coefficient (Wildman–Crippen LogP) is 1.22. The minimum atomic E-state index is -3.14. The maximum Gasteiger partial charge on any atom is 0.214 e. The first-order chi connectivity index (χ1) is 9.58. The van der Waals surface area contributed by atoms with Crippen LogP contribution in [0.5, 0.6) is 0 Å². The van der Waals surface area contributed by atoms with Gasteiger partial charge in [-0.15, -0.1) is 0 Å². The monoisotopic (exact) mass is 300 g/mol. The third-order valence-corrected chi connectivity index (χ3v) is 5.77. The number of nitrogens with zero attached hydrogens (tertiary/aromatic N) is 3. The lowest BCUT2D eigenvalue weighted by Gasteiger charge is -2.39. The molecule has 1 saturated heterocycles. The van der Waals surface area contributed by atoms with E-state index in [1.807, 2.05) is 6.92 Å². The fourth-order valence-corrected chi connectivity index (χ4v) is 4.24. The van der Waals surface area contributed by atoms with Crippen molar-refractivity contribution < 1.29 is 8.42 Å². The van der Waals surface area contributed by atoms with Crippen molar-refractivity contribution in [3.05, 3.63) is 18.2 Å². The number of aromatic amines is 1. The number of hydrogen-bond donors (Lipinski definition) is 1. The number of nitrogens with one attached hydrogen (secondary N) is 1. The predicted molar refractivity (Wildman–Crippen MR) is 78.8 cm³/mol. The quantitative estimate of drug-likeness (QED) is 0.857. The summed E-state index contributed by atoms with van der Waals surface area (Å²) < 4.78 is 26.3. The number of likely N-dealkylation sites (N-methyl/N-ethyl adjacent to an activating group) is 1. The lowest BCUT2D eigenvalue weighted by atomic mass is 10.2. The fraction of sp³-hybridized carbons (Fsp3) is 0.769. The second-order valence-corrected chi connectivity index (χ2v) is 7.23. The van der Waals surface area contributed by atoms with Gasteiger partial charge in [0.2, 0.25) is 10.0 Å². The van der Waals surface area contributed by atoms with E-state index in [0.29, 0.717) is 13.1 Å². The van der Waals surface area contributed by atoms with E-state index in [-0.39, 0.29) is 11.8 Å². The Kier molecular flexibility index (Phi) is 5.17. The molecule has 1 aliphatic rings. The van der Waals surface area contributed by atoms with Crippen LogP contribution in [0.25, 0.3) is 0 Å². The first-order valence-corrected chi connectivity index (χ1v) is 8.90. The van der Waals surface area contributed by atoms with E-state index in [9.17, 15) is 8.42 Å². The van der Waals surface area contributed by atoms with E-state index in [1.54, 1.807) is 16.7 Å². The summed E-state index contributed by atoms with van der Waals surface area (Å²) >= 11 is 0. The lowest BCUT2D eigenvalue weighted by molar-refractivity contribution is 0.119. The van der Waals surface area contributed by atoms with E-state index in [1.165, 1.54) is 0 Å². The summed E-state index contributed by atoms with van der Waals surface area (Å²) in [7, 11) is -3.14. The molecule has 0 aliphatic carbocycles. The topological polar surface area (TPSA) is 69.3 Å². The Morgan fingerprint density at radius 2 is 2.20 bits per heavy atom. The van der Waals surface area contributed by atoms with Gasteiger partial charge in [-0.3, -0.25) is 4.90 Å². The lowest BCUT2D eigenvalue weighted by Crippen LogP contribution is -2.51. The number of aromatic nitrogens is 2. The molecule has 0 aromatic carbocycles. The molecule has 1 aromatic rings. The Morgan fingerprint density at radius 3 is 2.80 bits per heavy atom. The number of unbranched alkanes of at least 4 members (excludes halogenated alkanes) is 1. The van der Waals surface area contributed by atoms with Gasteiger partial charge in [-0.2, -0.15) is 4.31 Å². The van der Waals surface area contributed by atoms with Gasteiger partial charge in [0.15, 0.2) is 0 Å². The smallest absolute Gasteiger partial charge is 0.214 e. The van der Waals surface area contributed by atoms with E-state index in [4.69, 9.17) is 0 Å². The van der Waals surface area contributed by atoms with Crippen LogP contribution in [0.2, 0.25) is 0 Å². The molecule has 1 fully saturated rings. The minimum Gasteiger partial charge on any atom is -0.347 e. The average Bonchev–Trinajstić information content (AvgIpc) is 2.98. The molecule has 6 nitrogen and oxygen atoms in total. The van der Waals surface area contributed by atoms with Crippen molar-refractivity contribution in [2.45, 2.75) is 32.7 Å². The van der Waals surface area contributed by atoms with Crippen molar-refractivity contribution >= 4 is 10.0 Å². The molecule has 7 heteroatoms. The molecule has 1 aliphatic heterocycles. The molecule has 1 aromatic heterocycles. The average molecular weight is 300 g/mol. The number of sulfonamides is 1. The Labute approximate surface area is 121 Å². The number of H-pyrrole nitrogens is 1. The Bertz CT molecular complexity index is 500. The Balaban J connectivity index is 2.12. The second-order valence-electron chi connectivity index (χ2n) is 5.15. The van der Waals surface area contributed by atoms with E-state index >= 15 is 0 Å². The Hall–Kier alpha value is -0.920. The van der Waals surface area contributed by atoms with Gasteiger partial charge in [0.25, 0.3) is 0 Å². The zero-order valence-electron chi connectivity index (χ0n) is 12.2. The molecule has 20 heavy (non-hydrogen) atoms. The third kappa shape index (κ3) is 3.39. The first kappa shape index (κ1) is 15.5. The van der Waals surface area contributed by atoms with Crippen LogP contribution >= 0.6 is 0 Å². The zero-order chi connectivity index (χ0) is 14.6. The van der Waals surface area contributed by atoms with Crippen LogP contribution in [0.15, 0.2) is 12.4 Å². The highest BCUT2D eigenvalue weighted by Gasteiger charge is 2.34. The third-order valence-electron chi connectivity index (χ3n) is 3.84. The molecule has 114 valence electrons. The number of imidazole rings is 1. The molecule has 2 rings (SSSR count). The second kappa shape index (κ2) is 6.69. The summed E-state index contributed by atoms with van der Waals surface area (Å²) in [5, 5.41) is 0. The van der Waals surface area contributed by atoms with Crippen LogP contribution in [0.1, 0.15) is 38.6 Å². The molecule has 0 spiro atoms. The van der Waals surface area contributed by atoms with Crippen LogP contribution in [0, 0.1) is 0 Å². The Morgan fingerprint density at radius 1 is 1.40 bits per heavy atom. The highest BCUT2D eigenvalue weighted by molar-refractivity contribution is 7.89. The minimum absolute atomic E-state index is 0.0279. The van der Waals surface area contributed by atoms with Gasteiger partial charge in [0.1, 0.15) is 5.82 Å². The molecule has 1 atom stereocenters. The molecule has 0 saturated carbocycles. The van der Waals surface area contributed by atoms with E-state index in [2.05, 4.69) is 21.8 Å². The molecular weight excluding hydrogens is 276 g/mol. The standard InChI is InChI=1S/C13H24N4O2S/c1-3-5-10-20(18,19)17-9-8-16(4-2)12(11-17)13-14-6-7-15-13/h6-7,12H,3-5,8-11H2,1-2H3,(H,14,15)/t12-/m0/s1. The largest absolute Gasteiger partial charge is 0.347 e. The van der Waals surface area contributed by atoms with Crippen molar-refractivity contribution in [1.29, 1.82) is 0 Å². The molecule has 0 unspecified atom stereocenters. The van der Waals surface area contributed by atoms with Crippen LogP contribution in [0.3, 0.4) is 0 Å². The van der Waals surface area contributed by atoms with Crippen molar-refractivity contribution in [2.24, 2.45) is 0 Å². The first-order valence-electron chi connectivity index (χ1n) is 7.29. The zero-order valence-corrected chi connectivity index (χ0v) is 13.1. The van der Waals surface area contributed by atoms with Crippen LogP contribution < -0.4 is 0 Å². The number of piperazine rings is 1. The maximum absolute atomic E-state index is 12.3. The van der Waals surface area contributed by atoms with E-state index in [0.717, 1.165) is 31.8 Å². The summed E-state index contributed by atoms with van der Waals surface area (Å²) in [5.41, 5.74) is 0. The fourth-order valence-electron chi connectivity index (χ4n) is 2.60. The maximum atomic E-state index is 12.3. The molecule has 0 bridgehead atoms. The molecule has 0 amide bonds. The van der Waals surface area contributed by atoms with Crippen molar-refractivity contribution in [1.82, 2.24) is 19.2 Å². The van der Waals surface area contributed by atoms with Gasteiger partial charge in [-0.1, -0.05) is 20.3 Å². The van der Waals surface area contributed by atoms with Gasteiger partial charge in [0.05, 0.1) is 11.8 Å². The van der Waals surface area contributed by atoms with Crippen molar-refractivity contribution in [3.63, 3.8) is 0 Å². The van der Waals surface area contributed by atoms with Gasteiger partial charge in [0, 0.05) is 32.0 Å². The van der Waals surface area contributed by atoms with Gasteiger partial charge in [-0.25, -0.2) is 13.4 Å². The molecule has 0 radical (unpaired) electrons.